The number of ether oxygens (including phenoxy) is 1. The fourth-order valence-electron chi connectivity index (χ4n) is 2.17. The van der Waals surface area contributed by atoms with Gasteiger partial charge < -0.3 is 21.1 Å². The molecule has 4 N–H and O–H groups in total. The van der Waals surface area contributed by atoms with Gasteiger partial charge in [0.1, 0.15) is 0 Å². The standard InChI is InChI=1S/C14H16N4O3/c15-7-9-1-3-11(4-2-9)17-14(20)18-12-5-10(6-12)8-21-13(16)19/h1-4,10,12H,5-6,8H2,(H2,16,19)(H2,17,18,20). The first-order chi connectivity index (χ1) is 10.1. The van der Waals surface area contributed by atoms with Crippen LogP contribution >= 0.6 is 0 Å². The summed E-state index contributed by atoms with van der Waals surface area (Å²) >= 11 is 0. The number of nitrogens with one attached hydrogen (secondary N) is 2. The van der Waals surface area contributed by atoms with E-state index in [2.05, 4.69) is 10.6 Å². The zero-order valence-electron chi connectivity index (χ0n) is 11.3. The van der Waals surface area contributed by atoms with Gasteiger partial charge in [-0.1, -0.05) is 0 Å². The molecule has 1 fully saturated rings. The van der Waals surface area contributed by atoms with Crippen LogP contribution in [0.3, 0.4) is 0 Å². The maximum absolute atomic E-state index is 11.8. The fourth-order valence-corrected chi connectivity index (χ4v) is 2.17. The van der Waals surface area contributed by atoms with E-state index in [0.29, 0.717) is 17.9 Å². The minimum atomic E-state index is -0.773. The molecule has 1 saturated carbocycles. The number of hydrogen-bond acceptors (Lipinski definition) is 4. The van der Waals surface area contributed by atoms with Crippen molar-refractivity contribution in [3.05, 3.63) is 29.8 Å². The molecule has 21 heavy (non-hydrogen) atoms. The highest BCUT2D eigenvalue weighted by Gasteiger charge is 2.31. The SMILES string of the molecule is N#Cc1ccc(NC(=O)NC2CC(COC(N)=O)C2)cc1. The first kappa shape index (κ1) is 14.7. The summed E-state index contributed by atoms with van der Waals surface area (Å²) in [4.78, 5) is 22.2. The molecule has 0 atom stereocenters. The van der Waals surface area contributed by atoms with Crippen LogP contribution in [0.4, 0.5) is 15.3 Å². The number of benzene rings is 1. The molecule has 1 aromatic carbocycles. The van der Waals surface area contributed by atoms with Crippen LogP contribution in [0.1, 0.15) is 18.4 Å². The predicted octanol–water partition coefficient (Wildman–Crippen LogP) is 1.55. The highest BCUT2D eigenvalue weighted by atomic mass is 16.5. The largest absolute Gasteiger partial charge is 0.449 e. The molecule has 2 rings (SSSR count). The topological polar surface area (TPSA) is 117 Å². The van der Waals surface area contributed by atoms with Gasteiger partial charge in [-0.05, 0) is 43.0 Å². The summed E-state index contributed by atoms with van der Waals surface area (Å²) in [6.45, 7) is 0.296. The van der Waals surface area contributed by atoms with Gasteiger partial charge in [0, 0.05) is 11.7 Å². The van der Waals surface area contributed by atoms with Gasteiger partial charge >= 0.3 is 12.1 Å². The molecule has 1 aliphatic carbocycles. The number of nitrogens with two attached hydrogens (primary N) is 1. The first-order valence-electron chi connectivity index (χ1n) is 6.56. The molecule has 1 aromatic rings. The van der Waals surface area contributed by atoms with Crippen molar-refractivity contribution in [1.29, 1.82) is 5.26 Å². The zero-order chi connectivity index (χ0) is 15.2. The normalized spacial score (nSPS) is 19.8. The van der Waals surface area contributed by atoms with E-state index in [4.69, 9.17) is 15.7 Å². The molecule has 0 saturated heterocycles. The second-order valence-corrected chi connectivity index (χ2v) is 4.95. The van der Waals surface area contributed by atoms with Crippen molar-refractivity contribution in [2.75, 3.05) is 11.9 Å². The summed E-state index contributed by atoms with van der Waals surface area (Å²) in [6.07, 6.45) is 0.743. The van der Waals surface area contributed by atoms with Gasteiger partial charge in [-0.2, -0.15) is 5.26 Å². The van der Waals surface area contributed by atoms with Crippen LogP contribution in [0.15, 0.2) is 24.3 Å². The lowest BCUT2D eigenvalue weighted by atomic mass is 9.81. The Morgan fingerprint density at radius 3 is 2.57 bits per heavy atom. The Labute approximate surface area is 122 Å². The Hall–Kier alpha value is -2.75. The molecule has 1 aliphatic rings. The summed E-state index contributed by atoms with van der Waals surface area (Å²) in [6, 6.07) is 8.40. The third-order valence-corrected chi connectivity index (χ3v) is 3.30. The number of rotatable bonds is 4. The van der Waals surface area contributed by atoms with Gasteiger partial charge in [0.25, 0.3) is 0 Å². The van der Waals surface area contributed by atoms with Crippen molar-refractivity contribution >= 4 is 17.8 Å². The third kappa shape index (κ3) is 4.38. The molecule has 0 unspecified atom stereocenters. The summed E-state index contributed by atoms with van der Waals surface area (Å²) in [5.74, 6) is 0.248. The van der Waals surface area contributed by atoms with Crippen LogP contribution in [0.5, 0.6) is 0 Å². The van der Waals surface area contributed by atoms with Crippen molar-refractivity contribution in [2.45, 2.75) is 18.9 Å². The van der Waals surface area contributed by atoms with E-state index in [9.17, 15) is 9.59 Å². The molecule has 0 aromatic heterocycles. The Morgan fingerprint density at radius 2 is 2.00 bits per heavy atom. The molecule has 7 nitrogen and oxygen atoms in total. The molecule has 3 amide bonds. The monoisotopic (exact) mass is 288 g/mol. The van der Waals surface area contributed by atoms with Gasteiger partial charge in [0.2, 0.25) is 0 Å². The quantitative estimate of drug-likeness (QED) is 0.779. The van der Waals surface area contributed by atoms with E-state index in [1.54, 1.807) is 24.3 Å². The molecule has 0 heterocycles. The second kappa shape index (κ2) is 6.61. The number of carbonyl (C=O) groups is 2. The van der Waals surface area contributed by atoms with Crippen LogP contribution in [0.25, 0.3) is 0 Å². The molecule has 7 heteroatoms. The molecular weight excluding hydrogens is 272 g/mol. The number of amides is 3. The first-order valence-corrected chi connectivity index (χ1v) is 6.56. The van der Waals surface area contributed by atoms with Crippen molar-refractivity contribution in [1.82, 2.24) is 5.32 Å². The van der Waals surface area contributed by atoms with Gasteiger partial charge in [-0.3, -0.25) is 0 Å². The van der Waals surface area contributed by atoms with Crippen LogP contribution in [-0.2, 0) is 4.74 Å². The highest BCUT2D eigenvalue weighted by molar-refractivity contribution is 5.89. The van der Waals surface area contributed by atoms with Gasteiger partial charge in [0.05, 0.1) is 18.2 Å². The zero-order valence-corrected chi connectivity index (χ0v) is 11.3. The maximum atomic E-state index is 11.8. The van der Waals surface area contributed by atoms with Gasteiger partial charge in [-0.15, -0.1) is 0 Å². The Morgan fingerprint density at radius 1 is 1.33 bits per heavy atom. The number of nitrogens with zero attached hydrogens (tertiary/aromatic N) is 1. The van der Waals surface area contributed by atoms with Crippen LogP contribution in [0.2, 0.25) is 0 Å². The van der Waals surface area contributed by atoms with E-state index in [-0.39, 0.29) is 18.0 Å². The number of carbonyl (C=O) groups excluding carboxylic acids is 2. The predicted molar refractivity (Wildman–Crippen MR) is 75.4 cm³/mol. The number of nitriles is 1. The smallest absolute Gasteiger partial charge is 0.404 e. The number of hydrogen-bond donors (Lipinski definition) is 3. The molecule has 110 valence electrons. The lowest BCUT2D eigenvalue weighted by Gasteiger charge is -2.35. The van der Waals surface area contributed by atoms with Crippen molar-refractivity contribution < 1.29 is 14.3 Å². The number of urea groups is 1. The number of anilines is 1. The maximum Gasteiger partial charge on any atom is 0.404 e. The summed E-state index contributed by atoms with van der Waals surface area (Å²) in [5, 5.41) is 14.2. The summed E-state index contributed by atoms with van der Waals surface area (Å²) < 4.78 is 4.70. The lowest BCUT2D eigenvalue weighted by Crippen LogP contribution is -2.47. The fraction of sp³-hybridized carbons (Fsp3) is 0.357. The van der Waals surface area contributed by atoms with E-state index in [1.165, 1.54) is 0 Å². The highest BCUT2D eigenvalue weighted by Crippen LogP contribution is 2.27. The van der Waals surface area contributed by atoms with Gasteiger partial charge in [-0.25, -0.2) is 9.59 Å². The Bertz CT molecular complexity index is 559. The average molecular weight is 288 g/mol. The lowest BCUT2D eigenvalue weighted by molar-refractivity contribution is 0.0962. The molecule has 0 radical (unpaired) electrons. The Balaban J connectivity index is 1.69. The van der Waals surface area contributed by atoms with Gasteiger partial charge in [0.15, 0.2) is 0 Å². The number of primary amides is 1. The minimum Gasteiger partial charge on any atom is -0.449 e. The van der Waals surface area contributed by atoms with Crippen LogP contribution < -0.4 is 16.4 Å². The average Bonchev–Trinajstić information content (AvgIpc) is 2.41. The second-order valence-electron chi connectivity index (χ2n) is 4.95. The van der Waals surface area contributed by atoms with E-state index >= 15 is 0 Å². The van der Waals surface area contributed by atoms with E-state index in [1.807, 2.05) is 6.07 Å². The third-order valence-electron chi connectivity index (χ3n) is 3.30. The Kier molecular flexibility index (Phi) is 4.61. The molecule has 0 aliphatic heterocycles. The summed E-state index contributed by atoms with van der Waals surface area (Å²) in [5.41, 5.74) is 6.04. The molecule has 0 bridgehead atoms. The minimum absolute atomic E-state index is 0.0739. The van der Waals surface area contributed by atoms with Crippen molar-refractivity contribution in [3.63, 3.8) is 0 Å². The van der Waals surface area contributed by atoms with E-state index < -0.39 is 6.09 Å². The van der Waals surface area contributed by atoms with Crippen molar-refractivity contribution in [3.8, 4) is 6.07 Å². The van der Waals surface area contributed by atoms with E-state index in [0.717, 1.165) is 12.8 Å². The van der Waals surface area contributed by atoms with Crippen molar-refractivity contribution in [2.24, 2.45) is 11.7 Å². The molecule has 0 spiro atoms. The summed E-state index contributed by atoms with van der Waals surface area (Å²) in [7, 11) is 0. The van der Waals surface area contributed by atoms with Crippen LogP contribution in [-0.4, -0.2) is 24.8 Å². The molecular formula is C14H16N4O3. The van der Waals surface area contributed by atoms with Crippen LogP contribution in [0, 0.1) is 17.2 Å².